The maximum absolute atomic E-state index is 12.8. The van der Waals surface area contributed by atoms with Crippen LogP contribution in [0, 0.1) is 6.92 Å². The van der Waals surface area contributed by atoms with Gasteiger partial charge in [-0.15, -0.1) is 0 Å². The number of ether oxygens (including phenoxy) is 1. The van der Waals surface area contributed by atoms with E-state index in [4.69, 9.17) is 21.2 Å². The number of aryl methyl sites for hydroxylation is 1. The SMILES string of the molecule is CCNOS(=O)(=O)CCCN1/C(=C2/OC(=S)N(CC)C2=O)Cc2ccc(C)cc21. The number of thiocarbonyl (C=S) groups is 1. The second-order valence-electron chi connectivity index (χ2n) is 6.85. The third-order valence-electron chi connectivity index (χ3n) is 4.75. The summed E-state index contributed by atoms with van der Waals surface area (Å²) in [5.41, 5.74) is 6.16. The summed E-state index contributed by atoms with van der Waals surface area (Å²) in [6.45, 7) is 6.80. The highest BCUT2D eigenvalue weighted by Gasteiger charge is 2.39. The third kappa shape index (κ3) is 4.61. The Labute approximate surface area is 176 Å². The third-order valence-corrected chi connectivity index (χ3v) is 6.21. The van der Waals surface area contributed by atoms with Crippen LogP contribution in [0.15, 0.2) is 29.7 Å². The molecule has 1 fully saturated rings. The number of fused-ring (bicyclic) bond motifs is 1. The second kappa shape index (κ2) is 8.78. The van der Waals surface area contributed by atoms with Gasteiger partial charge < -0.3 is 9.64 Å². The van der Waals surface area contributed by atoms with Crippen LogP contribution in [0.4, 0.5) is 5.69 Å². The van der Waals surface area contributed by atoms with E-state index in [-0.39, 0.29) is 22.6 Å². The molecular formula is C19H25N3O5S2. The number of hydrogen-bond acceptors (Lipinski definition) is 8. The summed E-state index contributed by atoms with van der Waals surface area (Å²) in [4.78, 5) is 16.1. The van der Waals surface area contributed by atoms with E-state index in [0.717, 1.165) is 16.8 Å². The highest BCUT2D eigenvalue weighted by atomic mass is 32.2. The average molecular weight is 440 g/mol. The van der Waals surface area contributed by atoms with Crippen LogP contribution in [0.25, 0.3) is 0 Å². The minimum atomic E-state index is -3.67. The number of allylic oxidation sites excluding steroid dienone is 1. The van der Waals surface area contributed by atoms with Gasteiger partial charge in [0.2, 0.25) is 5.76 Å². The number of hydroxylamine groups is 1. The Morgan fingerprint density at radius 1 is 1.28 bits per heavy atom. The summed E-state index contributed by atoms with van der Waals surface area (Å²) in [5.74, 6) is -0.184. The van der Waals surface area contributed by atoms with Gasteiger partial charge in [0.25, 0.3) is 21.2 Å². The van der Waals surface area contributed by atoms with Crippen molar-refractivity contribution in [1.29, 1.82) is 0 Å². The van der Waals surface area contributed by atoms with Crippen LogP contribution >= 0.6 is 12.2 Å². The number of nitrogens with zero attached hydrogens (tertiary/aromatic N) is 2. The minimum absolute atomic E-state index is 0.144. The van der Waals surface area contributed by atoms with Crippen LogP contribution in [-0.2, 0) is 30.4 Å². The largest absolute Gasteiger partial charge is 0.424 e. The zero-order chi connectivity index (χ0) is 21.2. The first-order valence-corrected chi connectivity index (χ1v) is 11.5. The fourth-order valence-corrected chi connectivity index (χ4v) is 4.55. The first-order valence-electron chi connectivity index (χ1n) is 9.55. The molecule has 3 rings (SSSR count). The number of nitrogens with one attached hydrogen (secondary N) is 1. The number of hydrogen-bond donors (Lipinski definition) is 1. The zero-order valence-electron chi connectivity index (χ0n) is 16.7. The van der Waals surface area contributed by atoms with Crippen LogP contribution in [0.2, 0.25) is 0 Å². The van der Waals surface area contributed by atoms with Crippen molar-refractivity contribution in [3.05, 3.63) is 40.8 Å². The van der Waals surface area contributed by atoms with Crippen molar-refractivity contribution in [3.8, 4) is 0 Å². The van der Waals surface area contributed by atoms with E-state index in [9.17, 15) is 13.2 Å². The fraction of sp³-hybridized carbons (Fsp3) is 0.474. The molecule has 1 aromatic rings. The Kier molecular flexibility index (Phi) is 6.57. The van der Waals surface area contributed by atoms with Gasteiger partial charge in [-0.05, 0) is 49.7 Å². The lowest BCUT2D eigenvalue weighted by Crippen LogP contribution is -2.30. The molecule has 0 atom stereocenters. The molecule has 0 radical (unpaired) electrons. The van der Waals surface area contributed by atoms with Crippen LogP contribution in [-0.4, -0.2) is 49.8 Å². The van der Waals surface area contributed by atoms with Gasteiger partial charge in [-0.1, -0.05) is 19.1 Å². The van der Waals surface area contributed by atoms with Gasteiger partial charge in [0.05, 0.1) is 11.4 Å². The van der Waals surface area contributed by atoms with E-state index < -0.39 is 10.1 Å². The quantitative estimate of drug-likeness (QED) is 0.374. The Balaban J connectivity index is 1.87. The molecule has 0 bridgehead atoms. The van der Waals surface area contributed by atoms with Gasteiger partial charge >= 0.3 is 0 Å². The van der Waals surface area contributed by atoms with Gasteiger partial charge in [0, 0.05) is 31.7 Å². The van der Waals surface area contributed by atoms with Gasteiger partial charge in [-0.25, -0.2) is 0 Å². The van der Waals surface area contributed by atoms with Crippen molar-refractivity contribution in [2.45, 2.75) is 33.6 Å². The smallest absolute Gasteiger partial charge is 0.298 e. The van der Waals surface area contributed by atoms with Crippen LogP contribution in [0.5, 0.6) is 0 Å². The lowest BCUT2D eigenvalue weighted by molar-refractivity contribution is -0.122. The second-order valence-corrected chi connectivity index (χ2v) is 8.89. The lowest BCUT2D eigenvalue weighted by Gasteiger charge is -2.22. The Morgan fingerprint density at radius 3 is 2.69 bits per heavy atom. The fourth-order valence-electron chi connectivity index (χ4n) is 3.39. The molecule has 1 amide bonds. The van der Waals surface area contributed by atoms with Gasteiger partial charge in [0.1, 0.15) is 0 Å². The van der Waals surface area contributed by atoms with Crippen LogP contribution in [0.3, 0.4) is 0 Å². The Morgan fingerprint density at radius 2 is 2.03 bits per heavy atom. The summed E-state index contributed by atoms with van der Waals surface area (Å²) < 4.78 is 34.3. The van der Waals surface area contributed by atoms with Crippen molar-refractivity contribution >= 4 is 39.1 Å². The molecule has 0 spiro atoms. The molecule has 10 heteroatoms. The molecule has 158 valence electrons. The van der Waals surface area contributed by atoms with Gasteiger partial charge in [-0.2, -0.15) is 18.2 Å². The zero-order valence-corrected chi connectivity index (χ0v) is 18.4. The van der Waals surface area contributed by atoms with Gasteiger partial charge in [-0.3, -0.25) is 9.69 Å². The highest BCUT2D eigenvalue weighted by Crippen LogP contribution is 2.38. The summed E-state index contributed by atoms with van der Waals surface area (Å²) in [7, 11) is -3.67. The topological polar surface area (TPSA) is 88.2 Å². The summed E-state index contributed by atoms with van der Waals surface area (Å²) >= 11 is 5.18. The first-order chi connectivity index (χ1) is 13.8. The van der Waals surface area contributed by atoms with Crippen LogP contribution < -0.4 is 10.4 Å². The summed E-state index contributed by atoms with van der Waals surface area (Å²) in [5, 5.41) is 0.147. The number of anilines is 1. The van der Waals surface area contributed by atoms with Crippen LogP contribution in [0.1, 0.15) is 31.4 Å². The minimum Gasteiger partial charge on any atom is -0.424 e. The highest BCUT2D eigenvalue weighted by molar-refractivity contribution is 7.86. The Bertz CT molecular complexity index is 959. The van der Waals surface area contributed by atoms with E-state index in [1.807, 2.05) is 36.9 Å². The molecule has 1 aromatic carbocycles. The van der Waals surface area contributed by atoms with E-state index in [0.29, 0.717) is 38.2 Å². The van der Waals surface area contributed by atoms with E-state index in [1.165, 1.54) is 4.90 Å². The van der Waals surface area contributed by atoms with E-state index >= 15 is 0 Å². The molecular weight excluding hydrogens is 414 g/mol. The molecule has 1 saturated heterocycles. The van der Waals surface area contributed by atoms with E-state index in [2.05, 4.69) is 5.48 Å². The molecule has 0 saturated carbocycles. The molecule has 2 heterocycles. The molecule has 2 aliphatic heterocycles. The Hall–Kier alpha value is -2.01. The average Bonchev–Trinajstić information content (AvgIpc) is 3.16. The number of carbonyl (C=O) groups is 1. The normalized spacial score (nSPS) is 19.1. The van der Waals surface area contributed by atoms with Crippen molar-refractivity contribution in [3.63, 3.8) is 0 Å². The lowest BCUT2D eigenvalue weighted by atomic mass is 10.1. The predicted molar refractivity (Wildman–Crippen MR) is 113 cm³/mol. The molecule has 0 unspecified atom stereocenters. The number of benzene rings is 1. The van der Waals surface area contributed by atoms with Crippen molar-refractivity contribution in [1.82, 2.24) is 10.4 Å². The maximum atomic E-state index is 12.8. The monoisotopic (exact) mass is 439 g/mol. The molecule has 0 aliphatic carbocycles. The van der Waals surface area contributed by atoms with Crippen molar-refractivity contribution in [2.75, 3.05) is 30.3 Å². The standard InChI is InChI=1S/C19H25N3O5S2/c1-4-20-27-29(24,25)10-6-9-22-15-11-13(3)7-8-14(15)12-16(22)17-18(23)21(5-2)19(28)26-17/h7-8,11,20H,4-6,9-10,12H2,1-3H3/b17-16+. The summed E-state index contributed by atoms with van der Waals surface area (Å²) in [6, 6.07) is 6.06. The van der Waals surface area contributed by atoms with Crippen molar-refractivity contribution < 1.29 is 22.2 Å². The van der Waals surface area contributed by atoms with Gasteiger partial charge in [0.15, 0.2) is 0 Å². The van der Waals surface area contributed by atoms with E-state index in [1.54, 1.807) is 6.92 Å². The molecule has 0 aromatic heterocycles. The maximum Gasteiger partial charge on any atom is 0.298 e. The molecule has 2 aliphatic rings. The summed E-state index contributed by atoms with van der Waals surface area (Å²) in [6.07, 6.45) is 0.853. The first kappa shape index (κ1) is 21.7. The molecule has 1 N–H and O–H groups in total. The van der Waals surface area contributed by atoms with Crippen molar-refractivity contribution in [2.24, 2.45) is 0 Å². The number of amides is 1. The number of likely N-dealkylation sites (N-methyl/N-ethyl adjacent to an activating group) is 1. The number of rotatable bonds is 8. The molecule has 29 heavy (non-hydrogen) atoms. The molecule has 8 nitrogen and oxygen atoms in total. The predicted octanol–water partition coefficient (Wildman–Crippen LogP) is 1.99. The number of carbonyl (C=O) groups excluding carboxylic acids is 1.